The van der Waals surface area contributed by atoms with Gasteiger partial charge in [-0.1, -0.05) is 32.4 Å². The van der Waals surface area contributed by atoms with E-state index in [-0.39, 0.29) is 6.04 Å². The van der Waals surface area contributed by atoms with E-state index in [1.807, 2.05) is 12.1 Å². The van der Waals surface area contributed by atoms with E-state index in [9.17, 15) is 0 Å². The SMILES string of the molecule is CCNC(=NCc1nnc2n1CCCCC2)NC(C)c1ccc(OCC(C)C)cc1. The smallest absolute Gasteiger partial charge is 0.192 e. The molecule has 1 atom stereocenters. The molecule has 164 valence electrons. The van der Waals surface area contributed by atoms with Crippen molar-refractivity contribution in [2.24, 2.45) is 10.9 Å². The minimum Gasteiger partial charge on any atom is -0.493 e. The Morgan fingerprint density at radius 2 is 1.93 bits per heavy atom. The van der Waals surface area contributed by atoms with Gasteiger partial charge < -0.3 is 19.9 Å². The Bertz CT molecular complexity index is 812. The molecule has 30 heavy (non-hydrogen) atoms. The van der Waals surface area contributed by atoms with Crippen molar-refractivity contribution in [2.45, 2.75) is 72.5 Å². The third-order valence-corrected chi connectivity index (χ3v) is 5.23. The van der Waals surface area contributed by atoms with E-state index in [4.69, 9.17) is 9.73 Å². The van der Waals surface area contributed by atoms with Crippen molar-refractivity contribution in [3.63, 3.8) is 0 Å². The molecule has 1 aliphatic rings. The lowest BCUT2D eigenvalue weighted by Gasteiger charge is -2.19. The number of hydrogen-bond acceptors (Lipinski definition) is 4. The lowest BCUT2D eigenvalue weighted by molar-refractivity contribution is 0.271. The first kappa shape index (κ1) is 22.1. The minimum atomic E-state index is 0.123. The van der Waals surface area contributed by atoms with Crippen molar-refractivity contribution < 1.29 is 4.74 Å². The zero-order valence-corrected chi connectivity index (χ0v) is 18.8. The fourth-order valence-electron chi connectivity index (χ4n) is 3.54. The van der Waals surface area contributed by atoms with Gasteiger partial charge in [0.05, 0.1) is 12.6 Å². The van der Waals surface area contributed by atoms with Crippen LogP contribution in [0.15, 0.2) is 29.3 Å². The molecule has 1 aromatic heterocycles. The van der Waals surface area contributed by atoms with Crippen molar-refractivity contribution in [2.75, 3.05) is 13.2 Å². The second kappa shape index (κ2) is 11.0. The number of nitrogens with one attached hydrogen (secondary N) is 2. The number of hydrogen-bond donors (Lipinski definition) is 2. The second-order valence-electron chi connectivity index (χ2n) is 8.33. The van der Waals surface area contributed by atoms with Crippen LogP contribution in [0.5, 0.6) is 5.75 Å². The normalized spacial score (nSPS) is 15.4. The van der Waals surface area contributed by atoms with Crippen molar-refractivity contribution in [1.29, 1.82) is 0 Å². The summed E-state index contributed by atoms with van der Waals surface area (Å²) >= 11 is 0. The highest BCUT2D eigenvalue weighted by atomic mass is 16.5. The van der Waals surface area contributed by atoms with Crippen LogP contribution in [0.25, 0.3) is 0 Å². The van der Waals surface area contributed by atoms with Crippen LogP contribution in [-0.4, -0.2) is 33.9 Å². The first-order valence-corrected chi connectivity index (χ1v) is 11.3. The van der Waals surface area contributed by atoms with Crippen molar-refractivity contribution in [3.05, 3.63) is 41.5 Å². The molecule has 0 amide bonds. The highest BCUT2D eigenvalue weighted by molar-refractivity contribution is 5.80. The minimum absolute atomic E-state index is 0.123. The van der Waals surface area contributed by atoms with Crippen LogP contribution in [0, 0.1) is 5.92 Å². The van der Waals surface area contributed by atoms with Gasteiger partial charge in [0.1, 0.15) is 18.1 Å². The first-order chi connectivity index (χ1) is 14.6. The number of fused-ring (bicyclic) bond motifs is 1. The van der Waals surface area contributed by atoms with E-state index in [0.29, 0.717) is 12.5 Å². The summed E-state index contributed by atoms with van der Waals surface area (Å²) < 4.78 is 8.03. The van der Waals surface area contributed by atoms with Crippen LogP contribution in [0.2, 0.25) is 0 Å². The number of aryl methyl sites for hydroxylation is 1. The lowest BCUT2D eigenvalue weighted by Crippen LogP contribution is -2.38. The Hall–Kier alpha value is -2.57. The highest BCUT2D eigenvalue weighted by Crippen LogP contribution is 2.18. The maximum absolute atomic E-state index is 5.78. The molecule has 3 rings (SSSR count). The second-order valence-corrected chi connectivity index (χ2v) is 8.33. The number of guanidine groups is 1. The molecule has 0 aliphatic carbocycles. The fraction of sp³-hybridized carbons (Fsp3) is 0.609. The molecule has 0 saturated heterocycles. The van der Waals surface area contributed by atoms with E-state index < -0.39 is 0 Å². The molecule has 1 unspecified atom stereocenters. The molecule has 0 spiro atoms. The summed E-state index contributed by atoms with van der Waals surface area (Å²) in [6, 6.07) is 8.40. The Balaban J connectivity index is 1.62. The number of ether oxygens (including phenoxy) is 1. The monoisotopic (exact) mass is 412 g/mol. The molecule has 7 nitrogen and oxygen atoms in total. The van der Waals surface area contributed by atoms with Crippen LogP contribution in [0.1, 0.15) is 70.2 Å². The number of rotatable bonds is 8. The molecule has 0 bridgehead atoms. The zero-order valence-electron chi connectivity index (χ0n) is 18.8. The summed E-state index contributed by atoms with van der Waals surface area (Å²) in [7, 11) is 0. The maximum Gasteiger partial charge on any atom is 0.192 e. The largest absolute Gasteiger partial charge is 0.493 e. The van der Waals surface area contributed by atoms with Crippen LogP contribution in [-0.2, 0) is 19.5 Å². The number of nitrogens with zero attached hydrogens (tertiary/aromatic N) is 4. The van der Waals surface area contributed by atoms with E-state index in [0.717, 1.165) is 49.5 Å². The van der Waals surface area contributed by atoms with Gasteiger partial charge in [-0.2, -0.15) is 0 Å². The Morgan fingerprint density at radius 3 is 2.67 bits per heavy atom. The topological polar surface area (TPSA) is 76.4 Å². The lowest BCUT2D eigenvalue weighted by atomic mass is 10.1. The van der Waals surface area contributed by atoms with Gasteiger partial charge in [0.15, 0.2) is 11.8 Å². The molecular weight excluding hydrogens is 376 g/mol. The average molecular weight is 413 g/mol. The third-order valence-electron chi connectivity index (χ3n) is 5.23. The van der Waals surface area contributed by atoms with Gasteiger partial charge in [0.25, 0.3) is 0 Å². The summed E-state index contributed by atoms with van der Waals surface area (Å²) in [5.74, 6) is 4.26. The van der Waals surface area contributed by atoms with Crippen molar-refractivity contribution in [1.82, 2.24) is 25.4 Å². The highest BCUT2D eigenvalue weighted by Gasteiger charge is 2.15. The van der Waals surface area contributed by atoms with Crippen LogP contribution in [0.3, 0.4) is 0 Å². The molecule has 0 saturated carbocycles. The predicted octanol–water partition coefficient (Wildman–Crippen LogP) is 3.86. The quantitative estimate of drug-likeness (QED) is 0.509. The van der Waals surface area contributed by atoms with E-state index in [1.165, 1.54) is 24.8 Å². The van der Waals surface area contributed by atoms with Gasteiger partial charge in [-0.25, -0.2) is 4.99 Å². The average Bonchev–Trinajstić information content (AvgIpc) is 2.96. The molecule has 1 aliphatic heterocycles. The summed E-state index contributed by atoms with van der Waals surface area (Å²) in [5, 5.41) is 15.6. The summed E-state index contributed by atoms with van der Waals surface area (Å²) in [6.45, 7) is 11.6. The zero-order chi connectivity index (χ0) is 21.3. The van der Waals surface area contributed by atoms with Gasteiger partial charge in [-0.05, 0) is 50.3 Å². The Kier molecular flexibility index (Phi) is 8.11. The van der Waals surface area contributed by atoms with Crippen LogP contribution < -0.4 is 15.4 Å². The third kappa shape index (κ3) is 6.21. The molecule has 2 heterocycles. The predicted molar refractivity (Wildman–Crippen MR) is 121 cm³/mol. The van der Waals surface area contributed by atoms with Gasteiger partial charge >= 0.3 is 0 Å². The van der Waals surface area contributed by atoms with E-state index >= 15 is 0 Å². The van der Waals surface area contributed by atoms with Gasteiger partial charge in [-0.15, -0.1) is 10.2 Å². The standard InChI is InChI=1S/C23H36N6O/c1-5-24-23(25-15-22-28-27-21-9-7-6-8-14-29(21)22)26-18(4)19-10-12-20(13-11-19)30-16-17(2)3/h10-13,17-18H,5-9,14-16H2,1-4H3,(H2,24,25,26). The number of benzene rings is 1. The van der Waals surface area contributed by atoms with Gasteiger partial charge in [0, 0.05) is 19.5 Å². The molecule has 1 aromatic carbocycles. The molecule has 0 radical (unpaired) electrons. The van der Waals surface area contributed by atoms with Crippen LogP contribution in [0.4, 0.5) is 0 Å². The molecular formula is C23H36N6O. The number of aromatic nitrogens is 3. The van der Waals surface area contributed by atoms with Crippen molar-refractivity contribution in [3.8, 4) is 5.75 Å². The first-order valence-electron chi connectivity index (χ1n) is 11.3. The molecule has 2 aromatic rings. The van der Waals surface area contributed by atoms with Crippen LogP contribution >= 0.6 is 0 Å². The fourth-order valence-corrected chi connectivity index (χ4v) is 3.54. The van der Waals surface area contributed by atoms with Gasteiger partial charge in [-0.3, -0.25) is 0 Å². The Labute approximate surface area is 180 Å². The summed E-state index contributed by atoms with van der Waals surface area (Å²) in [4.78, 5) is 4.77. The van der Waals surface area contributed by atoms with Gasteiger partial charge in [0.2, 0.25) is 0 Å². The summed E-state index contributed by atoms with van der Waals surface area (Å²) in [6.07, 6.45) is 4.66. The molecule has 0 fully saturated rings. The Morgan fingerprint density at radius 1 is 1.13 bits per heavy atom. The molecule has 2 N–H and O–H groups in total. The van der Waals surface area contributed by atoms with E-state index in [1.54, 1.807) is 0 Å². The van der Waals surface area contributed by atoms with Crippen molar-refractivity contribution >= 4 is 5.96 Å². The number of aliphatic imine (C=N–C) groups is 1. The summed E-state index contributed by atoms with van der Waals surface area (Å²) in [5.41, 5.74) is 1.19. The maximum atomic E-state index is 5.78. The van der Waals surface area contributed by atoms with E-state index in [2.05, 4.69) is 65.2 Å². The molecule has 7 heteroatoms.